The normalized spacial score (nSPS) is 23.5. The summed E-state index contributed by atoms with van der Waals surface area (Å²) in [7, 11) is 1.45. The van der Waals surface area contributed by atoms with Crippen molar-refractivity contribution in [3.05, 3.63) is 0 Å². The topological polar surface area (TPSA) is 41.6 Å². The maximum atomic E-state index is 11.1. The van der Waals surface area contributed by atoms with E-state index in [4.69, 9.17) is 0 Å². The first-order valence-corrected chi connectivity index (χ1v) is 6.09. The van der Waals surface area contributed by atoms with Gasteiger partial charge in [0.05, 0.1) is 13.5 Å². The summed E-state index contributed by atoms with van der Waals surface area (Å²) in [5, 5.41) is 3.40. The summed E-state index contributed by atoms with van der Waals surface area (Å²) in [6, 6.07) is 0. The van der Waals surface area contributed by atoms with Crippen LogP contribution in [0.1, 0.15) is 26.7 Å². The molecule has 102 valence electrons. The molecule has 1 unspecified atom stereocenters. The van der Waals surface area contributed by atoms with Gasteiger partial charge >= 0.3 is 5.97 Å². The first-order chi connectivity index (χ1) is 7.59. The molecular formula is C12H25ClN2O2. The van der Waals surface area contributed by atoms with Gasteiger partial charge in [0, 0.05) is 19.6 Å². The van der Waals surface area contributed by atoms with E-state index in [1.54, 1.807) is 0 Å². The number of hydrogen-bond donors (Lipinski definition) is 1. The molecule has 1 aliphatic rings. The fourth-order valence-electron chi connectivity index (χ4n) is 2.24. The van der Waals surface area contributed by atoms with Crippen molar-refractivity contribution < 1.29 is 9.53 Å². The van der Waals surface area contributed by atoms with Gasteiger partial charge in [0.1, 0.15) is 0 Å². The number of methoxy groups -OCH3 is 1. The van der Waals surface area contributed by atoms with Gasteiger partial charge in [0.15, 0.2) is 0 Å². The maximum Gasteiger partial charge on any atom is 0.306 e. The van der Waals surface area contributed by atoms with Crippen LogP contribution in [0, 0.1) is 5.41 Å². The molecule has 0 aliphatic carbocycles. The smallest absolute Gasteiger partial charge is 0.306 e. The number of halogens is 1. The Morgan fingerprint density at radius 1 is 1.53 bits per heavy atom. The van der Waals surface area contributed by atoms with Crippen LogP contribution < -0.4 is 5.32 Å². The highest BCUT2D eigenvalue weighted by Crippen LogP contribution is 2.25. The third-order valence-electron chi connectivity index (χ3n) is 3.37. The number of carbonyl (C=O) groups excluding carboxylic acids is 1. The Morgan fingerprint density at radius 2 is 2.24 bits per heavy atom. The highest BCUT2D eigenvalue weighted by molar-refractivity contribution is 5.85. The Balaban J connectivity index is 0.00000256. The minimum atomic E-state index is -0.117. The summed E-state index contributed by atoms with van der Waals surface area (Å²) in [6.07, 6.45) is 1.72. The SMILES string of the molecule is CCN(CCC(=O)OC)CC1(C)CCNC1.Cl. The molecule has 0 aromatic carbocycles. The van der Waals surface area contributed by atoms with Crippen LogP contribution in [0.15, 0.2) is 0 Å². The fraction of sp³-hybridized carbons (Fsp3) is 0.917. The molecule has 0 aromatic rings. The second-order valence-corrected chi connectivity index (χ2v) is 4.93. The molecule has 1 saturated heterocycles. The third-order valence-corrected chi connectivity index (χ3v) is 3.37. The number of ether oxygens (including phenoxy) is 1. The molecule has 1 fully saturated rings. The maximum absolute atomic E-state index is 11.1. The number of nitrogens with zero attached hydrogens (tertiary/aromatic N) is 1. The van der Waals surface area contributed by atoms with Crippen molar-refractivity contribution in [1.29, 1.82) is 0 Å². The second kappa shape index (κ2) is 7.90. The number of carbonyl (C=O) groups is 1. The average molecular weight is 265 g/mol. The Morgan fingerprint density at radius 3 is 2.71 bits per heavy atom. The summed E-state index contributed by atoms with van der Waals surface area (Å²) >= 11 is 0. The lowest BCUT2D eigenvalue weighted by Gasteiger charge is -2.30. The Kier molecular flexibility index (Phi) is 7.75. The summed E-state index contributed by atoms with van der Waals surface area (Å²) in [4.78, 5) is 13.4. The Hall–Kier alpha value is -0.320. The van der Waals surface area contributed by atoms with Crippen molar-refractivity contribution >= 4 is 18.4 Å². The van der Waals surface area contributed by atoms with Crippen LogP contribution in [0.3, 0.4) is 0 Å². The Bertz CT molecular complexity index is 231. The van der Waals surface area contributed by atoms with E-state index < -0.39 is 0 Å². The van der Waals surface area contributed by atoms with Crippen molar-refractivity contribution in [3.63, 3.8) is 0 Å². The summed E-state index contributed by atoms with van der Waals surface area (Å²) in [6.45, 7) is 9.52. The lowest BCUT2D eigenvalue weighted by Crippen LogP contribution is -2.38. The molecule has 0 saturated carbocycles. The lowest BCUT2D eigenvalue weighted by atomic mass is 9.89. The number of esters is 1. The molecule has 0 radical (unpaired) electrons. The van der Waals surface area contributed by atoms with Crippen molar-refractivity contribution in [2.24, 2.45) is 5.41 Å². The quantitative estimate of drug-likeness (QED) is 0.734. The first kappa shape index (κ1) is 16.7. The van der Waals surface area contributed by atoms with Gasteiger partial charge in [-0.25, -0.2) is 0 Å². The third kappa shape index (κ3) is 5.70. The van der Waals surface area contributed by atoms with E-state index in [1.807, 2.05) is 0 Å². The molecular weight excluding hydrogens is 240 g/mol. The second-order valence-electron chi connectivity index (χ2n) is 4.93. The van der Waals surface area contributed by atoms with Gasteiger partial charge in [-0.1, -0.05) is 13.8 Å². The van der Waals surface area contributed by atoms with Crippen molar-refractivity contribution in [1.82, 2.24) is 10.2 Å². The predicted molar refractivity (Wildman–Crippen MR) is 71.6 cm³/mol. The number of nitrogens with one attached hydrogen (secondary N) is 1. The molecule has 1 aliphatic heterocycles. The zero-order valence-corrected chi connectivity index (χ0v) is 11.9. The molecule has 0 bridgehead atoms. The molecule has 1 atom stereocenters. The molecule has 1 heterocycles. The fourth-order valence-corrected chi connectivity index (χ4v) is 2.24. The zero-order valence-electron chi connectivity index (χ0n) is 11.1. The van der Waals surface area contributed by atoms with Crippen LogP contribution in [0.2, 0.25) is 0 Å². The van der Waals surface area contributed by atoms with Crippen LogP contribution in [0.5, 0.6) is 0 Å². The molecule has 4 nitrogen and oxygen atoms in total. The number of hydrogen-bond acceptors (Lipinski definition) is 4. The van der Waals surface area contributed by atoms with E-state index in [-0.39, 0.29) is 18.4 Å². The van der Waals surface area contributed by atoms with Gasteiger partial charge in [-0.15, -0.1) is 12.4 Å². The summed E-state index contributed by atoms with van der Waals surface area (Å²) in [5.41, 5.74) is 0.367. The summed E-state index contributed by atoms with van der Waals surface area (Å²) < 4.78 is 4.66. The monoisotopic (exact) mass is 264 g/mol. The van der Waals surface area contributed by atoms with Gasteiger partial charge in [0.2, 0.25) is 0 Å². The van der Waals surface area contributed by atoms with E-state index in [0.717, 1.165) is 32.7 Å². The zero-order chi connectivity index (χ0) is 12.0. The van der Waals surface area contributed by atoms with Gasteiger partial charge in [-0.05, 0) is 24.9 Å². The molecule has 1 rings (SSSR count). The molecule has 0 aromatic heterocycles. The van der Waals surface area contributed by atoms with Crippen LogP contribution in [0.25, 0.3) is 0 Å². The minimum absolute atomic E-state index is 0. The average Bonchev–Trinajstić information content (AvgIpc) is 2.70. The van der Waals surface area contributed by atoms with Crippen molar-refractivity contribution in [3.8, 4) is 0 Å². The predicted octanol–water partition coefficient (Wildman–Crippen LogP) is 1.29. The van der Waals surface area contributed by atoms with E-state index in [1.165, 1.54) is 13.5 Å². The van der Waals surface area contributed by atoms with E-state index in [0.29, 0.717) is 11.8 Å². The minimum Gasteiger partial charge on any atom is -0.469 e. The highest BCUT2D eigenvalue weighted by Gasteiger charge is 2.30. The van der Waals surface area contributed by atoms with E-state index in [2.05, 4.69) is 28.8 Å². The van der Waals surface area contributed by atoms with Crippen LogP contribution in [-0.4, -0.2) is 50.7 Å². The highest BCUT2D eigenvalue weighted by atomic mass is 35.5. The van der Waals surface area contributed by atoms with Crippen LogP contribution in [-0.2, 0) is 9.53 Å². The molecule has 5 heteroatoms. The Labute approximate surface area is 110 Å². The van der Waals surface area contributed by atoms with E-state index >= 15 is 0 Å². The van der Waals surface area contributed by atoms with Gasteiger partial charge < -0.3 is 15.0 Å². The van der Waals surface area contributed by atoms with Crippen LogP contribution >= 0.6 is 12.4 Å². The molecule has 0 amide bonds. The molecule has 0 spiro atoms. The molecule has 17 heavy (non-hydrogen) atoms. The van der Waals surface area contributed by atoms with Gasteiger partial charge in [0.25, 0.3) is 0 Å². The standard InChI is InChI=1S/C12H24N2O2.ClH/c1-4-14(8-5-11(15)16-3)10-12(2)6-7-13-9-12;/h13H,4-10H2,1-3H3;1H. The molecule has 1 N–H and O–H groups in total. The largest absolute Gasteiger partial charge is 0.469 e. The van der Waals surface area contributed by atoms with Gasteiger partial charge in [-0.3, -0.25) is 4.79 Å². The van der Waals surface area contributed by atoms with E-state index in [9.17, 15) is 4.79 Å². The van der Waals surface area contributed by atoms with Crippen LogP contribution in [0.4, 0.5) is 0 Å². The van der Waals surface area contributed by atoms with Crippen molar-refractivity contribution in [2.45, 2.75) is 26.7 Å². The first-order valence-electron chi connectivity index (χ1n) is 6.09. The van der Waals surface area contributed by atoms with Gasteiger partial charge in [-0.2, -0.15) is 0 Å². The lowest BCUT2D eigenvalue weighted by molar-refractivity contribution is -0.141. The van der Waals surface area contributed by atoms with Crippen molar-refractivity contribution in [2.75, 3.05) is 39.8 Å². The number of rotatable bonds is 6. The summed E-state index contributed by atoms with van der Waals surface area (Å²) in [5.74, 6) is -0.117.